The average Bonchev–Trinajstić information content (AvgIpc) is 2.41. The van der Waals surface area contributed by atoms with E-state index in [1.54, 1.807) is 13.1 Å². The highest BCUT2D eigenvalue weighted by Crippen LogP contribution is 2.31. The number of hydrogen-bond acceptors (Lipinski definition) is 4. The first-order chi connectivity index (χ1) is 9.11. The fourth-order valence-electron chi connectivity index (χ4n) is 1.82. The molecule has 0 saturated carbocycles. The summed E-state index contributed by atoms with van der Waals surface area (Å²) in [6.45, 7) is 0.241. The summed E-state index contributed by atoms with van der Waals surface area (Å²) in [7, 11) is 1.69. The van der Waals surface area contributed by atoms with Crippen LogP contribution in [0.2, 0.25) is 0 Å². The monoisotopic (exact) mass is 264 g/mol. The van der Waals surface area contributed by atoms with Crippen LogP contribution in [0.15, 0.2) is 18.2 Å². The molecule has 0 unspecified atom stereocenters. The van der Waals surface area contributed by atoms with Gasteiger partial charge in [0.25, 0.3) is 5.91 Å². The van der Waals surface area contributed by atoms with Gasteiger partial charge in [0.1, 0.15) is 5.75 Å². The summed E-state index contributed by atoms with van der Waals surface area (Å²) in [4.78, 5) is 24.3. The van der Waals surface area contributed by atoms with Crippen molar-refractivity contribution in [2.24, 2.45) is 0 Å². The molecule has 6 nitrogen and oxygen atoms in total. The molecular weight excluding hydrogens is 248 g/mol. The SMILES string of the molecule is CN1C(=O)COc2ccc(CNC(=O)CCO)cc21. The number of likely N-dealkylation sites (N-methyl/N-ethyl adjacent to an activating group) is 1. The minimum absolute atomic E-state index is 0.0517. The zero-order valence-corrected chi connectivity index (χ0v) is 10.7. The molecule has 0 atom stereocenters. The molecule has 2 N–H and O–H groups in total. The van der Waals surface area contributed by atoms with E-state index in [0.717, 1.165) is 5.56 Å². The minimum Gasteiger partial charge on any atom is -0.482 e. The maximum Gasteiger partial charge on any atom is 0.264 e. The fraction of sp³-hybridized carbons (Fsp3) is 0.385. The van der Waals surface area contributed by atoms with Gasteiger partial charge in [-0.25, -0.2) is 0 Å². The summed E-state index contributed by atoms with van der Waals surface area (Å²) in [6, 6.07) is 5.43. The van der Waals surface area contributed by atoms with Gasteiger partial charge in [-0.2, -0.15) is 0 Å². The highest BCUT2D eigenvalue weighted by molar-refractivity contribution is 5.97. The summed E-state index contributed by atoms with van der Waals surface area (Å²) in [5.41, 5.74) is 1.57. The number of carbonyl (C=O) groups is 2. The molecular formula is C13H16N2O4. The van der Waals surface area contributed by atoms with Crippen LogP contribution in [0.1, 0.15) is 12.0 Å². The van der Waals surface area contributed by atoms with E-state index in [-0.39, 0.29) is 31.4 Å². The Labute approximate surface area is 111 Å². The molecule has 0 aliphatic carbocycles. The average molecular weight is 264 g/mol. The van der Waals surface area contributed by atoms with Crippen molar-refractivity contribution >= 4 is 17.5 Å². The van der Waals surface area contributed by atoms with Crippen LogP contribution in [0.4, 0.5) is 5.69 Å². The molecule has 0 radical (unpaired) electrons. The smallest absolute Gasteiger partial charge is 0.264 e. The van der Waals surface area contributed by atoms with Gasteiger partial charge in [-0.3, -0.25) is 9.59 Å². The van der Waals surface area contributed by atoms with E-state index in [9.17, 15) is 9.59 Å². The predicted octanol–water partition coefficient (Wildman–Crippen LogP) is 0.0404. The van der Waals surface area contributed by atoms with Crippen molar-refractivity contribution in [1.82, 2.24) is 5.32 Å². The lowest BCUT2D eigenvalue weighted by molar-refractivity contribution is -0.122. The second-order valence-electron chi connectivity index (χ2n) is 4.29. The molecule has 1 aromatic rings. The lowest BCUT2D eigenvalue weighted by Gasteiger charge is -2.26. The molecule has 19 heavy (non-hydrogen) atoms. The zero-order chi connectivity index (χ0) is 13.8. The van der Waals surface area contributed by atoms with Crippen molar-refractivity contribution in [3.05, 3.63) is 23.8 Å². The van der Waals surface area contributed by atoms with Crippen molar-refractivity contribution in [2.75, 3.05) is 25.2 Å². The van der Waals surface area contributed by atoms with Crippen molar-refractivity contribution in [3.8, 4) is 5.75 Å². The van der Waals surface area contributed by atoms with Crippen LogP contribution >= 0.6 is 0 Å². The van der Waals surface area contributed by atoms with Crippen LogP contribution in [-0.4, -0.2) is 37.2 Å². The Morgan fingerprint density at radius 3 is 3.05 bits per heavy atom. The molecule has 0 saturated heterocycles. The topological polar surface area (TPSA) is 78.9 Å². The summed E-state index contributed by atoms with van der Waals surface area (Å²) < 4.78 is 5.31. The Morgan fingerprint density at radius 1 is 1.53 bits per heavy atom. The van der Waals surface area contributed by atoms with Crippen LogP contribution in [0, 0.1) is 0 Å². The highest BCUT2D eigenvalue weighted by atomic mass is 16.5. The van der Waals surface area contributed by atoms with Crippen LogP contribution in [-0.2, 0) is 16.1 Å². The fourth-order valence-corrected chi connectivity index (χ4v) is 1.82. The number of ether oxygens (including phenoxy) is 1. The molecule has 1 aliphatic rings. The van der Waals surface area contributed by atoms with Crippen LogP contribution in [0.3, 0.4) is 0 Å². The van der Waals surface area contributed by atoms with Gasteiger partial charge in [-0.1, -0.05) is 6.07 Å². The summed E-state index contributed by atoms with van der Waals surface area (Å²) in [5, 5.41) is 11.3. The van der Waals surface area contributed by atoms with Gasteiger partial charge < -0.3 is 20.1 Å². The largest absolute Gasteiger partial charge is 0.482 e. The number of hydrogen-bond donors (Lipinski definition) is 2. The molecule has 102 valence electrons. The van der Waals surface area contributed by atoms with Gasteiger partial charge >= 0.3 is 0 Å². The molecule has 0 aromatic heterocycles. The Balaban J connectivity index is 2.08. The second kappa shape index (κ2) is 5.71. The van der Waals surface area contributed by atoms with Crippen LogP contribution in [0.25, 0.3) is 0 Å². The first-order valence-electron chi connectivity index (χ1n) is 6.01. The lowest BCUT2D eigenvalue weighted by atomic mass is 10.1. The Hall–Kier alpha value is -2.08. The van der Waals surface area contributed by atoms with E-state index in [1.165, 1.54) is 4.90 Å². The molecule has 1 aliphatic heterocycles. The number of carbonyl (C=O) groups excluding carboxylic acids is 2. The van der Waals surface area contributed by atoms with E-state index in [1.807, 2.05) is 12.1 Å². The predicted molar refractivity (Wildman–Crippen MR) is 68.9 cm³/mol. The molecule has 1 heterocycles. The first-order valence-corrected chi connectivity index (χ1v) is 6.01. The number of nitrogens with zero attached hydrogens (tertiary/aromatic N) is 1. The third kappa shape index (κ3) is 3.03. The normalized spacial score (nSPS) is 13.8. The van der Waals surface area contributed by atoms with E-state index < -0.39 is 0 Å². The van der Waals surface area contributed by atoms with Crippen molar-refractivity contribution in [2.45, 2.75) is 13.0 Å². The van der Waals surface area contributed by atoms with E-state index >= 15 is 0 Å². The number of aliphatic hydroxyl groups excluding tert-OH is 1. The molecule has 1 aromatic carbocycles. The standard InChI is InChI=1S/C13H16N2O4/c1-15-10-6-9(7-14-12(17)4-5-16)2-3-11(10)19-8-13(15)18/h2-3,6,16H,4-5,7-8H2,1H3,(H,14,17). The number of amides is 2. The number of nitrogens with one attached hydrogen (secondary N) is 1. The molecule has 0 fully saturated rings. The zero-order valence-electron chi connectivity index (χ0n) is 10.7. The van der Waals surface area contributed by atoms with Gasteiger partial charge in [-0.05, 0) is 17.7 Å². The van der Waals surface area contributed by atoms with Crippen molar-refractivity contribution in [3.63, 3.8) is 0 Å². The summed E-state index contributed by atoms with van der Waals surface area (Å²) in [6.07, 6.45) is 0.0897. The quantitative estimate of drug-likeness (QED) is 0.805. The van der Waals surface area contributed by atoms with Crippen LogP contribution in [0.5, 0.6) is 5.75 Å². The number of fused-ring (bicyclic) bond motifs is 1. The summed E-state index contributed by atoms with van der Waals surface area (Å²) in [5.74, 6) is 0.349. The van der Waals surface area contributed by atoms with Crippen molar-refractivity contribution in [1.29, 1.82) is 0 Å². The van der Waals surface area contributed by atoms with Gasteiger partial charge in [-0.15, -0.1) is 0 Å². The maximum absolute atomic E-state index is 11.5. The van der Waals surface area contributed by atoms with E-state index in [0.29, 0.717) is 18.0 Å². The molecule has 0 spiro atoms. The number of benzene rings is 1. The van der Waals surface area contributed by atoms with Gasteiger partial charge in [0.2, 0.25) is 5.91 Å². The highest BCUT2D eigenvalue weighted by Gasteiger charge is 2.22. The third-order valence-corrected chi connectivity index (χ3v) is 2.94. The Morgan fingerprint density at radius 2 is 2.32 bits per heavy atom. The summed E-state index contributed by atoms with van der Waals surface area (Å²) >= 11 is 0. The van der Waals surface area contributed by atoms with Crippen molar-refractivity contribution < 1.29 is 19.4 Å². The van der Waals surface area contributed by atoms with E-state index in [2.05, 4.69) is 5.32 Å². The van der Waals surface area contributed by atoms with Crippen LogP contribution < -0.4 is 15.0 Å². The Kier molecular flexibility index (Phi) is 4.01. The van der Waals surface area contributed by atoms with Gasteiger partial charge in [0, 0.05) is 20.0 Å². The number of aliphatic hydroxyl groups is 1. The molecule has 6 heteroatoms. The minimum atomic E-state index is -0.207. The number of anilines is 1. The van der Waals surface area contributed by atoms with Gasteiger partial charge in [0.15, 0.2) is 6.61 Å². The van der Waals surface area contributed by atoms with Gasteiger partial charge in [0.05, 0.1) is 12.3 Å². The second-order valence-corrected chi connectivity index (χ2v) is 4.29. The number of rotatable bonds is 4. The first kappa shape index (κ1) is 13.4. The molecule has 2 rings (SSSR count). The Bertz CT molecular complexity index is 501. The lowest BCUT2D eigenvalue weighted by Crippen LogP contribution is -2.35. The maximum atomic E-state index is 11.5. The molecule has 0 bridgehead atoms. The van der Waals surface area contributed by atoms with E-state index in [4.69, 9.17) is 9.84 Å². The third-order valence-electron chi connectivity index (χ3n) is 2.94. The molecule has 2 amide bonds.